The summed E-state index contributed by atoms with van der Waals surface area (Å²) in [4.78, 5) is 15.8. The second-order valence-corrected chi connectivity index (χ2v) is 9.83. The zero-order valence-electron chi connectivity index (χ0n) is 19.7. The standard InChI is InChI=1S/C33H19N3S/c1-3-11-22(12-4-1)31-34-32(23-13-5-2-6-14-23)36-33(35-31)25-16-9-15-24(21-25)26-18-10-20-29-30(26)27-17-7-8-19-28(27)37-29/h1-9,11-17,19-21H. The van der Waals surface area contributed by atoms with Gasteiger partial charge in [0, 0.05) is 48.9 Å². The van der Waals surface area contributed by atoms with Crippen molar-refractivity contribution in [2.24, 2.45) is 0 Å². The number of fused-ring (bicyclic) bond motifs is 3. The van der Waals surface area contributed by atoms with Crippen LogP contribution in [-0.4, -0.2) is 15.0 Å². The van der Waals surface area contributed by atoms with E-state index >= 15 is 0 Å². The molecule has 0 N–H and O–H groups in total. The zero-order valence-corrected chi connectivity index (χ0v) is 20.5. The fourth-order valence-electron chi connectivity index (χ4n) is 4.63. The molecule has 0 spiro atoms. The minimum absolute atomic E-state index is 0.640. The van der Waals surface area contributed by atoms with Crippen LogP contribution in [0.15, 0.2) is 121 Å². The summed E-state index contributed by atoms with van der Waals surface area (Å²) in [5, 5.41) is 1.24. The Labute approximate surface area is 218 Å². The van der Waals surface area contributed by atoms with Gasteiger partial charge >= 0.3 is 0 Å². The molecule has 0 saturated carbocycles. The van der Waals surface area contributed by atoms with Crippen LogP contribution in [-0.2, 0) is 0 Å². The van der Waals surface area contributed by atoms with E-state index in [1.807, 2.05) is 66.7 Å². The van der Waals surface area contributed by atoms with Gasteiger partial charge in [0.15, 0.2) is 17.5 Å². The predicted molar refractivity (Wildman–Crippen MR) is 152 cm³/mol. The van der Waals surface area contributed by atoms with E-state index in [9.17, 15) is 0 Å². The first kappa shape index (κ1) is 21.4. The summed E-state index contributed by atoms with van der Waals surface area (Å²) < 4.78 is 1.26. The summed E-state index contributed by atoms with van der Waals surface area (Å²) in [7, 11) is 0. The third-order valence-corrected chi connectivity index (χ3v) is 7.50. The van der Waals surface area contributed by atoms with E-state index in [0.29, 0.717) is 17.5 Å². The quantitative estimate of drug-likeness (QED) is 0.233. The maximum atomic E-state index is 4.90. The summed E-state index contributed by atoms with van der Waals surface area (Å²) in [5.41, 5.74) is 12.8. The van der Waals surface area contributed by atoms with E-state index in [2.05, 4.69) is 60.0 Å². The Hall–Kier alpha value is -4.85. The van der Waals surface area contributed by atoms with Gasteiger partial charge < -0.3 is 0 Å². The van der Waals surface area contributed by atoms with Gasteiger partial charge in [0.2, 0.25) is 0 Å². The van der Waals surface area contributed by atoms with Crippen LogP contribution in [0.2, 0.25) is 0 Å². The van der Waals surface area contributed by atoms with Crippen LogP contribution in [0.4, 0.5) is 0 Å². The van der Waals surface area contributed by atoms with Crippen molar-refractivity contribution in [1.29, 1.82) is 0 Å². The van der Waals surface area contributed by atoms with Crippen molar-refractivity contribution in [3.8, 4) is 34.2 Å². The van der Waals surface area contributed by atoms with Gasteiger partial charge in [-0.2, -0.15) is 0 Å². The lowest BCUT2D eigenvalue weighted by Crippen LogP contribution is -2.00. The lowest BCUT2D eigenvalue weighted by atomic mass is 9.93. The van der Waals surface area contributed by atoms with Gasteiger partial charge in [-0.1, -0.05) is 109 Å². The number of hydrogen-bond acceptors (Lipinski definition) is 4. The molecule has 7 rings (SSSR count). The maximum Gasteiger partial charge on any atom is 0.164 e. The lowest BCUT2D eigenvalue weighted by molar-refractivity contribution is 1.07. The topological polar surface area (TPSA) is 38.7 Å². The van der Waals surface area contributed by atoms with Gasteiger partial charge in [-0.25, -0.2) is 15.0 Å². The van der Waals surface area contributed by atoms with Crippen LogP contribution >= 0.6 is 11.3 Å². The monoisotopic (exact) mass is 489 g/mol. The summed E-state index contributed by atoms with van der Waals surface area (Å²) in [6, 6.07) is 37.0. The van der Waals surface area contributed by atoms with E-state index in [0.717, 1.165) is 27.8 Å². The van der Waals surface area contributed by atoms with Crippen LogP contribution in [0.25, 0.3) is 55.9 Å². The number of aromatic nitrogens is 3. The van der Waals surface area contributed by atoms with Gasteiger partial charge in [0.1, 0.15) is 0 Å². The number of thiophene rings is 1. The van der Waals surface area contributed by atoms with E-state index in [4.69, 9.17) is 15.0 Å². The Kier molecular flexibility index (Phi) is 5.20. The highest BCUT2D eigenvalue weighted by molar-refractivity contribution is 7.20. The summed E-state index contributed by atoms with van der Waals surface area (Å²) in [5.74, 6) is 1.95. The molecule has 1 aliphatic carbocycles. The normalized spacial score (nSPS) is 11.9. The Morgan fingerprint density at radius 3 is 1.81 bits per heavy atom. The van der Waals surface area contributed by atoms with Gasteiger partial charge in [-0.05, 0) is 17.7 Å². The highest BCUT2D eigenvalue weighted by Gasteiger charge is 2.19. The van der Waals surface area contributed by atoms with E-state index in [1.165, 1.54) is 20.5 Å². The van der Waals surface area contributed by atoms with Gasteiger partial charge in [0.25, 0.3) is 0 Å². The Bertz CT molecular complexity index is 1830. The lowest BCUT2D eigenvalue weighted by Gasteiger charge is -2.11. The Morgan fingerprint density at radius 1 is 0.541 bits per heavy atom. The van der Waals surface area contributed by atoms with Crippen LogP contribution < -0.4 is 0 Å². The van der Waals surface area contributed by atoms with Crippen LogP contribution in [0.1, 0.15) is 16.0 Å². The van der Waals surface area contributed by atoms with Crippen molar-refractivity contribution in [3.63, 3.8) is 0 Å². The number of benzene rings is 4. The fraction of sp³-hybridized carbons (Fsp3) is 0. The molecule has 4 aromatic carbocycles. The first-order valence-corrected chi connectivity index (χ1v) is 12.9. The van der Waals surface area contributed by atoms with Crippen molar-refractivity contribution < 1.29 is 0 Å². The molecule has 1 aliphatic rings. The first-order valence-electron chi connectivity index (χ1n) is 12.0. The molecular weight excluding hydrogens is 470 g/mol. The second kappa shape index (κ2) is 8.98. The van der Waals surface area contributed by atoms with Crippen LogP contribution in [0.3, 0.4) is 0 Å². The van der Waals surface area contributed by atoms with E-state index in [-0.39, 0.29) is 0 Å². The molecule has 0 bridgehead atoms. The molecular formula is C33H19N3S. The summed E-state index contributed by atoms with van der Waals surface area (Å²) in [6.45, 7) is 0. The molecule has 0 atom stereocenters. The SMILES string of the molecule is C1=C=C(c2cccc(-c3nc(-c4ccccc4)nc(-c4ccccc4)n3)c2)c2c(sc3ccccc23)C=1. The third-order valence-electron chi connectivity index (χ3n) is 6.38. The smallest absolute Gasteiger partial charge is 0.164 e. The predicted octanol–water partition coefficient (Wildman–Crippen LogP) is 8.30. The molecule has 6 aromatic rings. The Morgan fingerprint density at radius 2 is 1.11 bits per heavy atom. The van der Waals surface area contributed by atoms with E-state index < -0.39 is 0 Å². The molecule has 0 radical (unpaired) electrons. The van der Waals surface area contributed by atoms with Crippen molar-refractivity contribution >= 4 is 33.1 Å². The Balaban J connectivity index is 1.39. The molecule has 2 heterocycles. The second-order valence-electron chi connectivity index (χ2n) is 8.75. The third kappa shape index (κ3) is 3.92. The largest absolute Gasteiger partial charge is 0.208 e. The van der Waals surface area contributed by atoms with Crippen molar-refractivity contribution in [1.82, 2.24) is 15.0 Å². The number of nitrogens with zero attached hydrogens (tertiary/aromatic N) is 3. The minimum atomic E-state index is 0.640. The minimum Gasteiger partial charge on any atom is -0.208 e. The zero-order chi connectivity index (χ0) is 24.6. The highest BCUT2D eigenvalue weighted by atomic mass is 32.1. The first-order chi connectivity index (χ1) is 18.3. The number of rotatable bonds is 4. The summed E-state index contributed by atoms with van der Waals surface area (Å²) >= 11 is 1.79. The fourth-order valence-corrected chi connectivity index (χ4v) is 5.72. The van der Waals surface area contributed by atoms with Gasteiger partial charge in [0.05, 0.1) is 0 Å². The molecule has 4 heteroatoms. The van der Waals surface area contributed by atoms with Crippen molar-refractivity contribution in [2.45, 2.75) is 0 Å². The van der Waals surface area contributed by atoms with Crippen molar-refractivity contribution in [2.75, 3.05) is 0 Å². The molecule has 172 valence electrons. The molecule has 0 saturated heterocycles. The molecule has 3 nitrogen and oxygen atoms in total. The van der Waals surface area contributed by atoms with E-state index in [1.54, 1.807) is 11.3 Å². The number of hydrogen-bond donors (Lipinski definition) is 0. The molecule has 0 amide bonds. The molecule has 37 heavy (non-hydrogen) atoms. The maximum absolute atomic E-state index is 4.90. The van der Waals surface area contributed by atoms with Crippen LogP contribution in [0, 0.1) is 0 Å². The summed E-state index contributed by atoms with van der Waals surface area (Å²) in [6.07, 6.45) is 2.03. The highest BCUT2D eigenvalue weighted by Crippen LogP contribution is 2.40. The average molecular weight is 490 g/mol. The van der Waals surface area contributed by atoms with Crippen LogP contribution in [0.5, 0.6) is 0 Å². The average Bonchev–Trinajstić information content (AvgIpc) is 3.37. The van der Waals surface area contributed by atoms with Crippen molar-refractivity contribution in [3.05, 3.63) is 137 Å². The molecule has 2 aromatic heterocycles. The molecule has 0 unspecified atom stereocenters. The van der Waals surface area contributed by atoms with Gasteiger partial charge in [-0.3, -0.25) is 0 Å². The van der Waals surface area contributed by atoms with Gasteiger partial charge in [-0.15, -0.1) is 11.3 Å². The molecule has 0 fully saturated rings. The molecule has 0 aliphatic heterocycles.